The Morgan fingerprint density at radius 2 is 1.71 bits per heavy atom. The van der Waals surface area contributed by atoms with Gasteiger partial charge < -0.3 is 0 Å². The largest absolute Gasteiger partial charge is 0.419 e. The van der Waals surface area contributed by atoms with Crippen molar-refractivity contribution in [2.24, 2.45) is 11.8 Å². The highest BCUT2D eigenvalue weighted by Crippen LogP contribution is 2.38. The maximum Gasteiger partial charge on any atom is 0.419 e. The summed E-state index contributed by atoms with van der Waals surface area (Å²) in [5.74, 6) is -1.85. The number of rotatable bonds is 2. The average molecular weight is 302 g/mol. The number of benzene rings is 1. The number of carbonyl (C=O) groups excluding carboxylic acids is 1. The molecule has 0 spiro atoms. The van der Waals surface area contributed by atoms with Gasteiger partial charge in [0.2, 0.25) is 0 Å². The number of hydrogen-bond donors (Lipinski definition) is 0. The van der Waals surface area contributed by atoms with Crippen LogP contribution in [-0.2, 0) is 6.18 Å². The van der Waals surface area contributed by atoms with Crippen molar-refractivity contribution in [3.63, 3.8) is 0 Å². The van der Waals surface area contributed by atoms with Gasteiger partial charge in [0, 0.05) is 11.5 Å². The van der Waals surface area contributed by atoms with E-state index in [4.69, 9.17) is 0 Å². The third-order valence-electron chi connectivity index (χ3n) is 4.27. The predicted molar refractivity (Wildman–Crippen MR) is 71.6 cm³/mol. The van der Waals surface area contributed by atoms with Crippen molar-refractivity contribution in [2.75, 3.05) is 0 Å². The van der Waals surface area contributed by atoms with Crippen LogP contribution >= 0.6 is 0 Å². The molecule has 0 N–H and O–H groups in total. The van der Waals surface area contributed by atoms with E-state index in [1.54, 1.807) is 0 Å². The van der Waals surface area contributed by atoms with E-state index in [1.807, 2.05) is 0 Å². The second kappa shape index (κ2) is 5.78. The van der Waals surface area contributed by atoms with E-state index in [-0.39, 0.29) is 5.56 Å². The zero-order chi connectivity index (χ0) is 15.8. The third kappa shape index (κ3) is 3.27. The molecule has 5 heteroatoms. The Morgan fingerprint density at radius 1 is 1.14 bits per heavy atom. The summed E-state index contributed by atoms with van der Waals surface area (Å²) in [6, 6.07) is 2.35. The summed E-state index contributed by atoms with van der Waals surface area (Å²) in [7, 11) is 0. The van der Waals surface area contributed by atoms with Gasteiger partial charge in [-0.05, 0) is 31.2 Å². The molecular weight excluding hydrogens is 284 g/mol. The molecule has 116 valence electrons. The van der Waals surface area contributed by atoms with Gasteiger partial charge in [-0.3, -0.25) is 4.79 Å². The Morgan fingerprint density at radius 3 is 2.24 bits per heavy atom. The first-order valence-electron chi connectivity index (χ1n) is 7.12. The summed E-state index contributed by atoms with van der Waals surface area (Å²) in [5, 5.41) is 0. The minimum atomic E-state index is -4.86. The molecule has 1 saturated carbocycles. The number of aryl methyl sites for hydroxylation is 1. The summed E-state index contributed by atoms with van der Waals surface area (Å²) in [6.45, 7) is 3.33. The number of ketones is 1. The van der Waals surface area contributed by atoms with Crippen LogP contribution in [0.5, 0.6) is 0 Å². The fraction of sp³-hybridized carbons (Fsp3) is 0.562. The zero-order valence-corrected chi connectivity index (χ0v) is 12.1. The van der Waals surface area contributed by atoms with Gasteiger partial charge in [-0.2, -0.15) is 13.2 Å². The van der Waals surface area contributed by atoms with Gasteiger partial charge in [0.1, 0.15) is 11.4 Å². The molecule has 21 heavy (non-hydrogen) atoms. The fourth-order valence-corrected chi connectivity index (χ4v) is 2.90. The maximum absolute atomic E-state index is 13.9. The molecular formula is C16H18F4O. The van der Waals surface area contributed by atoms with Gasteiger partial charge in [0.15, 0.2) is 5.78 Å². The molecule has 1 aromatic carbocycles. The van der Waals surface area contributed by atoms with Crippen LogP contribution in [0.4, 0.5) is 17.6 Å². The van der Waals surface area contributed by atoms with E-state index >= 15 is 0 Å². The molecule has 0 heterocycles. The Hall–Kier alpha value is -1.39. The average Bonchev–Trinajstić information content (AvgIpc) is 2.40. The van der Waals surface area contributed by atoms with Gasteiger partial charge in [-0.25, -0.2) is 4.39 Å². The maximum atomic E-state index is 13.9. The van der Waals surface area contributed by atoms with E-state index < -0.39 is 34.8 Å². The van der Waals surface area contributed by atoms with Crippen molar-refractivity contribution in [3.8, 4) is 0 Å². The number of hydrogen-bond acceptors (Lipinski definition) is 1. The predicted octanol–water partition coefficient (Wildman–Crippen LogP) is 5.16. The van der Waals surface area contributed by atoms with Crippen molar-refractivity contribution in [1.82, 2.24) is 0 Å². The molecule has 0 atom stereocenters. The molecule has 1 nitrogen and oxygen atoms in total. The first-order chi connectivity index (χ1) is 9.71. The van der Waals surface area contributed by atoms with Crippen molar-refractivity contribution in [1.29, 1.82) is 0 Å². The van der Waals surface area contributed by atoms with Crippen molar-refractivity contribution in [3.05, 3.63) is 34.6 Å². The first-order valence-corrected chi connectivity index (χ1v) is 7.12. The second-order valence-corrected chi connectivity index (χ2v) is 5.94. The van der Waals surface area contributed by atoms with Crippen LogP contribution in [0.1, 0.15) is 54.1 Å². The Balaban J connectivity index is 2.40. The lowest BCUT2D eigenvalue weighted by Gasteiger charge is -2.26. The molecule has 0 amide bonds. The van der Waals surface area contributed by atoms with Crippen LogP contribution in [0.2, 0.25) is 0 Å². The van der Waals surface area contributed by atoms with E-state index in [0.29, 0.717) is 18.8 Å². The molecule has 0 aliphatic heterocycles. The summed E-state index contributed by atoms with van der Waals surface area (Å²) < 4.78 is 53.1. The van der Waals surface area contributed by atoms with Crippen LogP contribution in [0, 0.1) is 24.6 Å². The lowest BCUT2D eigenvalue weighted by molar-refractivity contribution is -0.140. The molecule has 0 bridgehead atoms. The summed E-state index contributed by atoms with van der Waals surface area (Å²) in [4.78, 5) is 12.4. The number of Topliss-reactive ketones (excluding diaryl/α,β-unsaturated/α-hetero) is 1. The molecule has 0 saturated heterocycles. The molecule has 0 radical (unpaired) electrons. The molecule has 2 rings (SSSR count). The van der Waals surface area contributed by atoms with Gasteiger partial charge in [-0.1, -0.05) is 31.9 Å². The van der Waals surface area contributed by atoms with Gasteiger partial charge in [0.05, 0.1) is 0 Å². The number of halogens is 4. The van der Waals surface area contributed by atoms with Gasteiger partial charge in [-0.15, -0.1) is 0 Å². The highest BCUT2D eigenvalue weighted by molar-refractivity contribution is 5.99. The molecule has 0 unspecified atom stereocenters. The first kappa shape index (κ1) is 16.0. The van der Waals surface area contributed by atoms with E-state index in [0.717, 1.165) is 18.9 Å². The minimum Gasteiger partial charge on any atom is -0.294 e. The quantitative estimate of drug-likeness (QED) is 0.544. The van der Waals surface area contributed by atoms with Crippen molar-refractivity contribution in [2.45, 2.75) is 45.7 Å². The second-order valence-electron chi connectivity index (χ2n) is 5.94. The molecule has 1 aliphatic rings. The van der Waals surface area contributed by atoms with Crippen molar-refractivity contribution < 1.29 is 22.4 Å². The summed E-state index contributed by atoms with van der Waals surface area (Å²) >= 11 is 0. The van der Waals surface area contributed by atoms with E-state index in [1.165, 1.54) is 13.0 Å². The third-order valence-corrected chi connectivity index (χ3v) is 4.27. The highest BCUT2D eigenvalue weighted by atomic mass is 19.4. The van der Waals surface area contributed by atoms with Crippen LogP contribution in [0.25, 0.3) is 0 Å². The van der Waals surface area contributed by atoms with Gasteiger partial charge >= 0.3 is 6.18 Å². The Labute approximate surface area is 121 Å². The van der Waals surface area contributed by atoms with E-state index in [9.17, 15) is 22.4 Å². The number of carbonyl (C=O) groups is 1. The highest BCUT2D eigenvalue weighted by Gasteiger charge is 2.40. The van der Waals surface area contributed by atoms with Gasteiger partial charge in [0.25, 0.3) is 0 Å². The molecule has 1 aromatic rings. The zero-order valence-electron chi connectivity index (χ0n) is 12.1. The molecule has 1 fully saturated rings. The molecule has 1 aliphatic carbocycles. The Bertz CT molecular complexity index is 540. The van der Waals surface area contributed by atoms with Crippen LogP contribution in [0.15, 0.2) is 12.1 Å². The Kier molecular flexibility index (Phi) is 4.40. The van der Waals surface area contributed by atoms with Crippen molar-refractivity contribution >= 4 is 5.78 Å². The normalized spacial score (nSPS) is 23.1. The standard InChI is InChI=1S/C16H18F4O/c1-9-3-6-11(7-4-9)15(21)12-8-5-10(2)14(17)13(12)16(18,19)20/h5,8-9,11H,3-4,6-7H2,1-2H3. The SMILES string of the molecule is Cc1ccc(C(=O)C2CCC(C)CC2)c(C(F)(F)F)c1F. The van der Waals surface area contributed by atoms with E-state index in [2.05, 4.69) is 6.92 Å². The topological polar surface area (TPSA) is 17.1 Å². The summed E-state index contributed by atoms with van der Waals surface area (Å²) in [6.07, 6.45) is -2.05. The van der Waals surface area contributed by atoms with Crippen LogP contribution in [0.3, 0.4) is 0 Å². The van der Waals surface area contributed by atoms with Crippen LogP contribution in [-0.4, -0.2) is 5.78 Å². The fourth-order valence-electron chi connectivity index (χ4n) is 2.90. The minimum absolute atomic E-state index is 0.101. The molecule has 0 aromatic heterocycles. The van der Waals surface area contributed by atoms with Crippen LogP contribution < -0.4 is 0 Å². The lowest BCUT2D eigenvalue weighted by atomic mass is 9.78. The number of alkyl halides is 3. The summed E-state index contributed by atoms with van der Waals surface area (Å²) in [5.41, 5.74) is -2.03. The lowest BCUT2D eigenvalue weighted by Crippen LogP contribution is -2.24. The smallest absolute Gasteiger partial charge is 0.294 e. The monoisotopic (exact) mass is 302 g/mol.